The molecule has 0 bridgehead atoms. The summed E-state index contributed by atoms with van der Waals surface area (Å²) in [5, 5.41) is 11.1. The minimum atomic E-state index is -3.06. The number of hydrogen-bond donors (Lipinski definition) is 0. The van der Waals surface area contributed by atoms with Crippen molar-refractivity contribution >= 4 is 33.5 Å². The van der Waals surface area contributed by atoms with Gasteiger partial charge in [0.1, 0.15) is 0 Å². The van der Waals surface area contributed by atoms with Crippen LogP contribution in [0.25, 0.3) is 0 Å². The summed E-state index contributed by atoms with van der Waals surface area (Å²) >= 11 is 1.13. The van der Waals surface area contributed by atoms with Gasteiger partial charge in [-0.2, -0.15) is 0 Å². The van der Waals surface area contributed by atoms with Crippen LogP contribution in [0.5, 0.6) is 0 Å². The predicted octanol–water partition coefficient (Wildman–Crippen LogP) is 0.568. The number of hydrogen-bond acceptors (Lipinski definition) is 6. The lowest BCUT2D eigenvalue weighted by atomic mass is 10.2. The van der Waals surface area contributed by atoms with Gasteiger partial charge >= 0.3 is 0 Å². The molecule has 8 heteroatoms. The topological polar surface area (TPSA) is 94.6 Å². The number of sulfone groups is 1. The first kappa shape index (κ1) is 18.8. The van der Waals surface area contributed by atoms with Crippen LogP contribution in [-0.4, -0.2) is 55.0 Å². The third-order valence-corrected chi connectivity index (χ3v) is 6.70. The molecular formula is C16H20NO5S2-. The van der Waals surface area contributed by atoms with Crippen molar-refractivity contribution in [2.75, 3.05) is 23.8 Å². The molecule has 24 heavy (non-hydrogen) atoms. The Morgan fingerprint density at radius 3 is 2.62 bits per heavy atom. The summed E-state index contributed by atoms with van der Waals surface area (Å²) in [5.74, 6) is -1.25. The van der Waals surface area contributed by atoms with Crippen LogP contribution in [0.1, 0.15) is 30.1 Å². The van der Waals surface area contributed by atoms with Crippen LogP contribution >= 0.6 is 11.8 Å². The molecule has 0 aromatic heterocycles. The number of nitrogens with zero attached hydrogens (tertiary/aromatic N) is 1. The van der Waals surface area contributed by atoms with E-state index in [9.17, 15) is 23.1 Å². The Balaban J connectivity index is 2.05. The van der Waals surface area contributed by atoms with Gasteiger partial charge in [0.05, 0.1) is 23.2 Å². The molecule has 1 saturated heterocycles. The maximum Gasteiger partial charge on any atom is 0.233 e. The fraction of sp³-hybridized carbons (Fsp3) is 0.500. The van der Waals surface area contributed by atoms with Crippen molar-refractivity contribution in [1.29, 1.82) is 0 Å². The number of amides is 1. The molecule has 0 unspecified atom stereocenters. The summed E-state index contributed by atoms with van der Waals surface area (Å²) < 4.78 is 23.3. The van der Waals surface area contributed by atoms with E-state index in [1.807, 2.05) is 6.92 Å². The van der Waals surface area contributed by atoms with Crippen molar-refractivity contribution in [3.63, 3.8) is 0 Å². The highest BCUT2D eigenvalue weighted by molar-refractivity contribution is 8.00. The van der Waals surface area contributed by atoms with Gasteiger partial charge in [-0.15, -0.1) is 11.8 Å². The molecule has 1 aliphatic heterocycles. The summed E-state index contributed by atoms with van der Waals surface area (Å²) in [5.41, 5.74) is 0.0563. The molecule has 6 nitrogen and oxygen atoms in total. The second-order valence-electron chi connectivity index (χ2n) is 5.72. The minimum Gasteiger partial charge on any atom is -0.545 e. The van der Waals surface area contributed by atoms with Crippen molar-refractivity contribution < 1.29 is 23.1 Å². The molecule has 1 amide bonds. The first-order valence-electron chi connectivity index (χ1n) is 7.77. The van der Waals surface area contributed by atoms with Gasteiger partial charge in [-0.3, -0.25) is 4.79 Å². The lowest BCUT2D eigenvalue weighted by molar-refractivity contribution is -0.255. The number of carboxylic acid groups (broad SMARTS) is 1. The lowest BCUT2D eigenvalue weighted by Gasteiger charge is -2.28. The molecule has 1 atom stereocenters. The average Bonchev–Trinajstić information content (AvgIpc) is 2.90. The van der Waals surface area contributed by atoms with Crippen LogP contribution in [0, 0.1) is 0 Å². The Morgan fingerprint density at radius 2 is 2.04 bits per heavy atom. The Kier molecular flexibility index (Phi) is 6.28. The summed E-state index contributed by atoms with van der Waals surface area (Å²) in [6, 6.07) is 6.10. The van der Waals surface area contributed by atoms with Gasteiger partial charge in [-0.05, 0) is 18.9 Å². The summed E-state index contributed by atoms with van der Waals surface area (Å²) in [4.78, 5) is 25.7. The number of thioether (sulfide) groups is 1. The molecule has 0 spiro atoms. The zero-order chi connectivity index (χ0) is 17.7. The van der Waals surface area contributed by atoms with Gasteiger partial charge in [0, 0.05) is 23.0 Å². The van der Waals surface area contributed by atoms with E-state index in [0.29, 0.717) is 17.9 Å². The molecule has 1 heterocycles. The Morgan fingerprint density at radius 1 is 1.33 bits per heavy atom. The molecule has 1 aromatic rings. The summed E-state index contributed by atoms with van der Waals surface area (Å²) in [6.45, 7) is 2.43. The minimum absolute atomic E-state index is 0.0129. The SMILES string of the molecule is CCCN(C(=O)CSc1ccccc1C(=O)[O-])[C@@H]1CCS(=O)(=O)C1. The third kappa shape index (κ3) is 4.73. The van der Waals surface area contributed by atoms with Gasteiger partial charge in [0.15, 0.2) is 9.84 Å². The molecule has 0 radical (unpaired) electrons. The molecule has 1 fully saturated rings. The molecule has 0 N–H and O–H groups in total. The van der Waals surface area contributed by atoms with Crippen LogP contribution in [0.4, 0.5) is 0 Å². The maximum atomic E-state index is 12.5. The summed E-state index contributed by atoms with van der Waals surface area (Å²) in [7, 11) is -3.06. The van der Waals surface area contributed by atoms with Crippen molar-refractivity contribution in [1.82, 2.24) is 4.90 Å². The highest BCUT2D eigenvalue weighted by Crippen LogP contribution is 2.24. The van der Waals surface area contributed by atoms with E-state index >= 15 is 0 Å². The second-order valence-corrected chi connectivity index (χ2v) is 8.96. The quantitative estimate of drug-likeness (QED) is 0.651. The zero-order valence-corrected chi connectivity index (χ0v) is 15.1. The fourth-order valence-electron chi connectivity index (χ4n) is 2.76. The molecule has 0 saturated carbocycles. The van der Waals surface area contributed by atoms with E-state index in [0.717, 1.165) is 18.2 Å². The van der Waals surface area contributed by atoms with Crippen molar-refractivity contribution in [2.45, 2.75) is 30.7 Å². The predicted molar refractivity (Wildman–Crippen MR) is 90.6 cm³/mol. The van der Waals surface area contributed by atoms with E-state index in [1.54, 1.807) is 23.1 Å². The van der Waals surface area contributed by atoms with Crippen molar-refractivity contribution in [3.05, 3.63) is 29.8 Å². The van der Waals surface area contributed by atoms with E-state index < -0.39 is 15.8 Å². The second kappa shape index (κ2) is 8.02. The normalized spacial score (nSPS) is 19.1. The monoisotopic (exact) mass is 370 g/mol. The summed E-state index contributed by atoms with van der Waals surface area (Å²) in [6.07, 6.45) is 1.21. The van der Waals surface area contributed by atoms with E-state index in [4.69, 9.17) is 0 Å². The van der Waals surface area contributed by atoms with Crippen LogP contribution in [0.3, 0.4) is 0 Å². The lowest BCUT2D eigenvalue weighted by Crippen LogP contribution is -2.42. The Hall–Kier alpha value is -1.54. The Labute approximate surface area is 146 Å². The van der Waals surface area contributed by atoms with E-state index in [2.05, 4.69) is 0 Å². The molecule has 132 valence electrons. The number of carboxylic acids is 1. The fourth-order valence-corrected chi connectivity index (χ4v) is 5.41. The number of aromatic carboxylic acids is 1. The molecule has 0 aliphatic carbocycles. The smallest absolute Gasteiger partial charge is 0.233 e. The number of carbonyl (C=O) groups is 2. The van der Waals surface area contributed by atoms with Crippen molar-refractivity contribution in [2.24, 2.45) is 0 Å². The highest BCUT2D eigenvalue weighted by Gasteiger charge is 2.34. The average molecular weight is 370 g/mol. The van der Waals surface area contributed by atoms with Crippen LogP contribution < -0.4 is 5.11 Å². The highest BCUT2D eigenvalue weighted by atomic mass is 32.2. The van der Waals surface area contributed by atoms with Crippen LogP contribution in [-0.2, 0) is 14.6 Å². The van der Waals surface area contributed by atoms with E-state index in [-0.39, 0.29) is 34.8 Å². The zero-order valence-electron chi connectivity index (χ0n) is 13.4. The van der Waals surface area contributed by atoms with Gasteiger partial charge in [0.2, 0.25) is 5.91 Å². The first-order valence-corrected chi connectivity index (χ1v) is 10.6. The number of benzene rings is 1. The number of carbonyl (C=O) groups excluding carboxylic acids is 2. The number of rotatable bonds is 7. The van der Waals surface area contributed by atoms with Gasteiger partial charge in [-0.1, -0.05) is 25.1 Å². The molecule has 2 rings (SSSR count). The maximum absolute atomic E-state index is 12.5. The standard InChI is InChI=1S/C16H21NO5S2/c1-2-8-17(12-7-9-24(21,22)11-12)15(18)10-23-14-6-4-3-5-13(14)16(19)20/h3-6,12H,2,7-11H2,1H3,(H,19,20)/p-1/t12-/m1/s1. The molecular weight excluding hydrogens is 350 g/mol. The largest absolute Gasteiger partial charge is 0.545 e. The van der Waals surface area contributed by atoms with Crippen LogP contribution in [0.15, 0.2) is 29.2 Å². The van der Waals surface area contributed by atoms with E-state index in [1.165, 1.54) is 6.07 Å². The van der Waals surface area contributed by atoms with Gasteiger partial charge in [-0.25, -0.2) is 8.42 Å². The van der Waals surface area contributed by atoms with Gasteiger partial charge in [0.25, 0.3) is 0 Å². The third-order valence-electron chi connectivity index (χ3n) is 3.89. The molecule has 1 aliphatic rings. The van der Waals surface area contributed by atoms with Crippen molar-refractivity contribution in [3.8, 4) is 0 Å². The molecule has 1 aromatic carbocycles. The first-order chi connectivity index (χ1) is 11.3. The van der Waals surface area contributed by atoms with Crippen LogP contribution in [0.2, 0.25) is 0 Å². The van der Waals surface area contributed by atoms with Gasteiger partial charge < -0.3 is 14.8 Å². The Bertz CT molecular complexity index is 717.